The lowest BCUT2D eigenvalue weighted by Gasteiger charge is -2.06. The molecule has 4 rings (SSSR count). The Hall–Kier alpha value is -2.39. The average molecular weight is 332 g/mol. The third-order valence-corrected chi connectivity index (χ3v) is 5.29. The molecule has 0 aliphatic carbocycles. The van der Waals surface area contributed by atoms with Crippen molar-refractivity contribution >= 4 is 16.3 Å². The second-order valence-corrected chi connectivity index (χ2v) is 7.55. The van der Waals surface area contributed by atoms with Crippen LogP contribution in [-0.4, -0.2) is 9.38 Å². The first kappa shape index (κ1) is 15.2. The van der Waals surface area contributed by atoms with E-state index in [0.29, 0.717) is 5.92 Å². The zero-order valence-electron chi connectivity index (χ0n) is 13.9. The number of thiazole rings is 1. The Kier molecular flexibility index (Phi) is 3.95. The van der Waals surface area contributed by atoms with Crippen LogP contribution in [0.15, 0.2) is 67.0 Å². The summed E-state index contributed by atoms with van der Waals surface area (Å²) in [4.78, 5) is 7.16. The zero-order chi connectivity index (χ0) is 16.5. The maximum atomic E-state index is 4.76. The smallest absolute Gasteiger partial charge is 0.194 e. The summed E-state index contributed by atoms with van der Waals surface area (Å²) in [5.41, 5.74) is 4.95. The van der Waals surface area contributed by atoms with Crippen molar-refractivity contribution < 1.29 is 0 Å². The molecule has 0 saturated carbocycles. The molecule has 2 aromatic carbocycles. The highest BCUT2D eigenvalue weighted by Crippen LogP contribution is 2.25. The molecule has 0 fully saturated rings. The van der Waals surface area contributed by atoms with Crippen molar-refractivity contribution in [1.29, 1.82) is 0 Å². The lowest BCUT2D eigenvalue weighted by molar-refractivity contribution is 0.865. The summed E-state index contributed by atoms with van der Waals surface area (Å²) in [6.45, 7) is 4.46. The molecule has 120 valence electrons. The van der Waals surface area contributed by atoms with Gasteiger partial charge in [0.1, 0.15) is 0 Å². The highest BCUT2D eigenvalue weighted by molar-refractivity contribution is 7.17. The summed E-state index contributed by atoms with van der Waals surface area (Å²) in [7, 11) is 0. The predicted octanol–water partition coefficient (Wildman–Crippen LogP) is 5.78. The van der Waals surface area contributed by atoms with Crippen molar-refractivity contribution in [2.24, 2.45) is 0 Å². The number of aromatic nitrogens is 2. The molecule has 0 spiro atoms. The Morgan fingerprint density at radius 2 is 1.71 bits per heavy atom. The molecule has 24 heavy (non-hydrogen) atoms. The van der Waals surface area contributed by atoms with Crippen molar-refractivity contribution in [2.45, 2.75) is 26.2 Å². The van der Waals surface area contributed by atoms with E-state index in [2.05, 4.69) is 79.2 Å². The maximum Gasteiger partial charge on any atom is 0.194 e. The second kappa shape index (κ2) is 6.25. The summed E-state index contributed by atoms with van der Waals surface area (Å²) >= 11 is 1.77. The normalized spacial score (nSPS) is 11.5. The molecule has 0 unspecified atom stereocenters. The third-order valence-electron chi connectivity index (χ3n) is 4.30. The van der Waals surface area contributed by atoms with Gasteiger partial charge in [-0.15, -0.1) is 11.3 Å². The summed E-state index contributed by atoms with van der Waals surface area (Å²) in [5, 5.41) is 0. The molecular weight excluding hydrogens is 312 g/mol. The minimum atomic E-state index is 0.584. The Morgan fingerprint density at radius 3 is 2.38 bits per heavy atom. The van der Waals surface area contributed by atoms with Gasteiger partial charge in [0.25, 0.3) is 0 Å². The number of benzene rings is 2. The molecule has 4 aromatic rings. The quantitative estimate of drug-likeness (QED) is 0.463. The summed E-state index contributed by atoms with van der Waals surface area (Å²) < 4.78 is 2.14. The van der Waals surface area contributed by atoms with E-state index in [-0.39, 0.29) is 0 Å². The van der Waals surface area contributed by atoms with Crippen molar-refractivity contribution in [1.82, 2.24) is 9.38 Å². The van der Waals surface area contributed by atoms with Crippen LogP contribution in [0.1, 0.15) is 35.8 Å². The highest BCUT2D eigenvalue weighted by atomic mass is 32.1. The molecule has 3 heteroatoms. The van der Waals surface area contributed by atoms with E-state index in [1.165, 1.54) is 21.6 Å². The summed E-state index contributed by atoms with van der Waals surface area (Å²) in [5.74, 6) is 0.584. The van der Waals surface area contributed by atoms with E-state index < -0.39 is 0 Å². The van der Waals surface area contributed by atoms with Crippen molar-refractivity contribution in [3.8, 4) is 11.3 Å². The number of hydrogen-bond donors (Lipinski definition) is 0. The Labute approximate surface area is 146 Å². The standard InChI is InChI=1S/C21H20N2S/c1-15(2)17-10-8-16(9-11-17)12-19-13-23-14-20(22-21(23)24-19)18-6-4-3-5-7-18/h3-11,13-15H,12H2,1-2H3. The van der Waals surface area contributed by atoms with Gasteiger partial charge in [0.15, 0.2) is 4.96 Å². The predicted molar refractivity (Wildman–Crippen MR) is 102 cm³/mol. The van der Waals surface area contributed by atoms with Gasteiger partial charge in [0.05, 0.1) is 5.69 Å². The zero-order valence-corrected chi connectivity index (χ0v) is 14.8. The van der Waals surface area contributed by atoms with Crippen LogP contribution >= 0.6 is 11.3 Å². The van der Waals surface area contributed by atoms with Crippen LogP contribution in [0.4, 0.5) is 0 Å². The molecular formula is C21H20N2S. The summed E-state index contributed by atoms with van der Waals surface area (Å²) in [6.07, 6.45) is 5.29. The first-order chi connectivity index (χ1) is 11.7. The Balaban J connectivity index is 1.56. The van der Waals surface area contributed by atoms with Gasteiger partial charge in [0, 0.05) is 29.3 Å². The minimum Gasteiger partial charge on any atom is -0.297 e. The Bertz CT molecular complexity index is 915. The van der Waals surface area contributed by atoms with Crippen LogP contribution in [-0.2, 0) is 6.42 Å². The maximum absolute atomic E-state index is 4.76. The first-order valence-electron chi connectivity index (χ1n) is 8.31. The molecule has 0 aliphatic heterocycles. The van der Waals surface area contributed by atoms with Crippen LogP contribution in [0.5, 0.6) is 0 Å². The van der Waals surface area contributed by atoms with Gasteiger partial charge >= 0.3 is 0 Å². The van der Waals surface area contributed by atoms with E-state index >= 15 is 0 Å². The number of nitrogens with zero attached hydrogens (tertiary/aromatic N) is 2. The van der Waals surface area contributed by atoms with Crippen LogP contribution in [0.3, 0.4) is 0 Å². The van der Waals surface area contributed by atoms with Gasteiger partial charge in [-0.2, -0.15) is 0 Å². The Morgan fingerprint density at radius 1 is 0.958 bits per heavy atom. The molecule has 0 amide bonds. The first-order valence-corrected chi connectivity index (χ1v) is 9.12. The minimum absolute atomic E-state index is 0.584. The van der Waals surface area contributed by atoms with E-state index in [1.807, 2.05) is 6.07 Å². The molecule has 0 atom stereocenters. The van der Waals surface area contributed by atoms with Gasteiger partial charge in [-0.3, -0.25) is 4.40 Å². The van der Waals surface area contributed by atoms with Crippen LogP contribution < -0.4 is 0 Å². The fraction of sp³-hybridized carbons (Fsp3) is 0.190. The molecule has 2 aromatic heterocycles. The molecule has 0 bridgehead atoms. The van der Waals surface area contributed by atoms with Crippen LogP contribution in [0.25, 0.3) is 16.2 Å². The summed E-state index contributed by atoms with van der Waals surface area (Å²) in [6, 6.07) is 19.3. The fourth-order valence-electron chi connectivity index (χ4n) is 2.89. The van der Waals surface area contributed by atoms with Gasteiger partial charge in [0.2, 0.25) is 0 Å². The molecule has 0 aliphatic rings. The highest BCUT2D eigenvalue weighted by Gasteiger charge is 2.09. The van der Waals surface area contributed by atoms with E-state index in [0.717, 1.165) is 17.1 Å². The van der Waals surface area contributed by atoms with Crippen molar-refractivity contribution in [3.05, 3.63) is 83.0 Å². The topological polar surface area (TPSA) is 17.3 Å². The number of imidazole rings is 1. The fourth-order valence-corrected chi connectivity index (χ4v) is 3.89. The monoisotopic (exact) mass is 332 g/mol. The van der Waals surface area contributed by atoms with Crippen molar-refractivity contribution in [3.63, 3.8) is 0 Å². The lowest BCUT2D eigenvalue weighted by atomic mass is 10.0. The van der Waals surface area contributed by atoms with E-state index in [1.54, 1.807) is 11.3 Å². The van der Waals surface area contributed by atoms with E-state index in [4.69, 9.17) is 4.98 Å². The van der Waals surface area contributed by atoms with Gasteiger partial charge in [-0.1, -0.05) is 68.4 Å². The second-order valence-electron chi connectivity index (χ2n) is 6.45. The number of rotatable bonds is 4. The van der Waals surface area contributed by atoms with Crippen molar-refractivity contribution in [2.75, 3.05) is 0 Å². The molecule has 0 N–H and O–H groups in total. The molecule has 2 nitrogen and oxygen atoms in total. The van der Waals surface area contributed by atoms with Crippen LogP contribution in [0.2, 0.25) is 0 Å². The molecule has 0 saturated heterocycles. The van der Waals surface area contributed by atoms with Crippen LogP contribution in [0, 0.1) is 0 Å². The number of fused-ring (bicyclic) bond motifs is 1. The molecule has 0 radical (unpaired) electrons. The number of hydrogen-bond acceptors (Lipinski definition) is 2. The lowest BCUT2D eigenvalue weighted by Crippen LogP contribution is -1.89. The average Bonchev–Trinajstić information content (AvgIpc) is 3.14. The third kappa shape index (κ3) is 3.00. The molecule has 2 heterocycles. The van der Waals surface area contributed by atoms with Gasteiger partial charge < -0.3 is 0 Å². The SMILES string of the molecule is CC(C)c1ccc(Cc2cn3cc(-c4ccccc4)nc3s2)cc1. The van der Waals surface area contributed by atoms with Gasteiger partial charge in [-0.25, -0.2) is 4.98 Å². The van der Waals surface area contributed by atoms with E-state index in [9.17, 15) is 0 Å². The largest absolute Gasteiger partial charge is 0.297 e. The van der Waals surface area contributed by atoms with Gasteiger partial charge in [-0.05, 0) is 17.0 Å².